The van der Waals surface area contributed by atoms with Gasteiger partial charge in [-0.3, -0.25) is 9.59 Å². The average molecular weight is 483 g/mol. The highest BCUT2D eigenvalue weighted by atomic mass is 16.6. The number of amides is 2. The second-order valence-electron chi connectivity index (χ2n) is 8.15. The summed E-state index contributed by atoms with van der Waals surface area (Å²) in [4.78, 5) is 50.1. The van der Waals surface area contributed by atoms with E-state index in [2.05, 4.69) is 10.1 Å². The highest BCUT2D eigenvalue weighted by Gasteiger charge is 2.41. The molecule has 35 heavy (non-hydrogen) atoms. The van der Waals surface area contributed by atoms with Gasteiger partial charge in [0.2, 0.25) is 0 Å². The maximum Gasteiger partial charge on any atom is 0.417 e. The van der Waals surface area contributed by atoms with E-state index in [1.54, 1.807) is 6.92 Å². The van der Waals surface area contributed by atoms with Crippen LogP contribution in [-0.2, 0) is 30.4 Å². The third-order valence-corrected chi connectivity index (χ3v) is 5.57. The van der Waals surface area contributed by atoms with Crippen LogP contribution in [0.3, 0.4) is 0 Å². The van der Waals surface area contributed by atoms with Gasteiger partial charge in [-0.15, -0.1) is 0 Å². The molecule has 2 aromatic rings. The minimum absolute atomic E-state index is 0.0763. The first-order valence-electron chi connectivity index (χ1n) is 11.7. The van der Waals surface area contributed by atoms with Crippen LogP contribution in [0.2, 0.25) is 0 Å². The van der Waals surface area contributed by atoms with Crippen LogP contribution in [0.15, 0.2) is 54.6 Å². The zero-order chi connectivity index (χ0) is 25.2. The van der Waals surface area contributed by atoms with Crippen molar-refractivity contribution in [3.8, 4) is 11.5 Å². The van der Waals surface area contributed by atoms with Gasteiger partial charge < -0.3 is 24.4 Å². The van der Waals surface area contributed by atoms with E-state index in [9.17, 15) is 19.2 Å². The second kappa shape index (κ2) is 12.5. The van der Waals surface area contributed by atoms with Gasteiger partial charge in [0.15, 0.2) is 0 Å². The third kappa shape index (κ3) is 7.30. The van der Waals surface area contributed by atoms with Gasteiger partial charge >= 0.3 is 23.9 Å². The summed E-state index contributed by atoms with van der Waals surface area (Å²) < 4.78 is 15.6. The number of ether oxygens (including phenoxy) is 3. The van der Waals surface area contributed by atoms with Gasteiger partial charge in [0.1, 0.15) is 11.5 Å². The molecule has 0 bridgehead atoms. The molecular formula is C26H30N2O7. The Morgan fingerprint density at radius 1 is 0.943 bits per heavy atom. The number of carbonyl (C=O) groups is 4. The molecule has 2 aromatic carbocycles. The molecule has 1 aliphatic rings. The fraction of sp³-hybridized carbons (Fsp3) is 0.385. The lowest BCUT2D eigenvalue weighted by atomic mass is 9.79. The molecule has 186 valence electrons. The lowest BCUT2D eigenvalue weighted by Gasteiger charge is -2.34. The van der Waals surface area contributed by atoms with Crippen molar-refractivity contribution in [3.05, 3.63) is 60.2 Å². The predicted octanol–water partition coefficient (Wildman–Crippen LogP) is 3.81. The monoisotopic (exact) mass is 482 g/mol. The number of para-hydroxylation sites is 1. The number of hydrogen-bond acceptors (Lipinski definition) is 7. The molecule has 9 heteroatoms. The van der Waals surface area contributed by atoms with Gasteiger partial charge in [-0.05, 0) is 56.0 Å². The number of hydrogen-bond donors (Lipinski definition) is 1. The number of nitrogens with zero attached hydrogens (tertiary/aromatic N) is 1. The Morgan fingerprint density at radius 2 is 1.63 bits per heavy atom. The van der Waals surface area contributed by atoms with Crippen LogP contribution in [-0.4, -0.2) is 48.0 Å². The molecule has 2 atom stereocenters. The van der Waals surface area contributed by atoms with Gasteiger partial charge in [0, 0.05) is 19.1 Å². The molecule has 0 spiro atoms. The molecule has 0 heterocycles. The van der Waals surface area contributed by atoms with E-state index in [0.717, 1.165) is 11.3 Å². The van der Waals surface area contributed by atoms with Crippen molar-refractivity contribution in [3.63, 3.8) is 0 Å². The molecule has 0 aliphatic heterocycles. The summed E-state index contributed by atoms with van der Waals surface area (Å²) in [5.74, 6) is -1.92. The average Bonchev–Trinajstić information content (AvgIpc) is 2.83. The van der Waals surface area contributed by atoms with E-state index >= 15 is 0 Å². The van der Waals surface area contributed by atoms with E-state index in [1.807, 2.05) is 61.5 Å². The predicted molar refractivity (Wildman–Crippen MR) is 126 cm³/mol. The van der Waals surface area contributed by atoms with Crippen LogP contribution in [0.1, 0.15) is 38.7 Å². The van der Waals surface area contributed by atoms with Crippen LogP contribution in [0.4, 0.5) is 4.79 Å². The van der Waals surface area contributed by atoms with E-state index < -0.39 is 35.9 Å². The van der Waals surface area contributed by atoms with Crippen LogP contribution < -0.4 is 10.1 Å². The van der Waals surface area contributed by atoms with Gasteiger partial charge in [0.25, 0.3) is 0 Å². The SMILES string of the molecule is CCCN(Cc1ccc(Oc2ccccc2)cc1)C(=O)OC(=O)C1CCC1NC(=O)C(=O)OCC. The second-order valence-corrected chi connectivity index (χ2v) is 8.15. The molecule has 1 aliphatic carbocycles. The lowest BCUT2D eigenvalue weighted by molar-refractivity contribution is -0.157. The first kappa shape index (κ1) is 25.7. The molecule has 2 amide bonds. The van der Waals surface area contributed by atoms with Crippen molar-refractivity contribution in [1.82, 2.24) is 10.2 Å². The van der Waals surface area contributed by atoms with Crippen molar-refractivity contribution < 1.29 is 33.4 Å². The Morgan fingerprint density at radius 3 is 2.23 bits per heavy atom. The van der Waals surface area contributed by atoms with Crippen LogP contribution in [0.5, 0.6) is 11.5 Å². The van der Waals surface area contributed by atoms with Crippen LogP contribution >= 0.6 is 0 Å². The van der Waals surface area contributed by atoms with Crippen molar-refractivity contribution in [2.75, 3.05) is 13.2 Å². The highest BCUT2D eigenvalue weighted by Crippen LogP contribution is 2.29. The first-order chi connectivity index (χ1) is 16.9. The quantitative estimate of drug-likeness (QED) is 0.329. The molecule has 1 fully saturated rings. The van der Waals surface area contributed by atoms with E-state index in [-0.39, 0.29) is 13.2 Å². The Kier molecular flexibility index (Phi) is 9.23. The minimum Gasteiger partial charge on any atom is -0.459 e. The van der Waals surface area contributed by atoms with Gasteiger partial charge in [-0.1, -0.05) is 37.3 Å². The van der Waals surface area contributed by atoms with Crippen LogP contribution in [0, 0.1) is 5.92 Å². The fourth-order valence-electron chi connectivity index (χ4n) is 3.62. The van der Waals surface area contributed by atoms with E-state index in [4.69, 9.17) is 9.47 Å². The lowest BCUT2D eigenvalue weighted by Crippen LogP contribution is -2.53. The van der Waals surface area contributed by atoms with Gasteiger partial charge in [-0.2, -0.15) is 0 Å². The first-order valence-corrected chi connectivity index (χ1v) is 11.7. The summed E-state index contributed by atoms with van der Waals surface area (Å²) >= 11 is 0. The van der Waals surface area contributed by atoms with Crippen molar-refractivity contribution in [2.45, 2.75) is 45.7 Å². The molecule has 1 saturated carbocycles. The van der Waals surface area contributed by atoms with E-state index in [0.29, 0.717) is 31.6 Å². The number of esters is 2. The Bertz CT molecular complexity index is 1020. The molecule has 9 nitrogen and oxygen atoms in total. The third-order valence-electron chi connectivity index (χ3n) is 5.57. The summed E-state index contributed by atoms with van der Waals surface area (Å²) in [6.07, 6.45) is 0.898. The van der Waals surface area contributed by atoms with E-state index in [1.165, 1.54) is 4.90 Å². The summed E-state index contributed by atoms with van der Waals surface area (Å²) in [6.45, 7) is 4.26. The normalized spacial score (nSPS) is 16.4. The zero-order valence-electron chi connectivity index (χ0n) is 19.9. The van der Waals surface area contributed by atoms with Crippen LogP contribution in [0.25, 0.3) is 0 Å². The Balaban J connectivity index is 1.54. The molecule has 0 radical (unpaired) electrons. The van der Waals surface area contributed by atoms with Gasteiger partial charge in [0.05, 0.1) is 12.5 Å². The Labute approximate surface area is 204 Å². The summed E-state index contributed by atoms with van der Waals surface area (Å²) in [5, 5.41) is 2.47. The number of carbonyl (C=O) groups excluding carboxylic acids is 4. The number of rotatable bonds is 9. The minimum atomic E-state index is -1.00. The van der Waals surface area contributed by atoms with Crippen molar-refractivity contribution in [1.29, 1.82) is 0 Å². The number of benzene rings is 2. The fourth-order valence-corrected chi connectivity index (χ4v) is 3.62. The highest BCUT2D eigenvalue weighted by molar-refractivity contribution is 6.32. The molecule has 3 rings (SSSR count). The topological polar surface area (TPSA) is 111 Å². The Hall–Kier alpha value is -3.88. The molecule has 1 N–H and O–H groups in total. The maximum atomic E-state index is 12.7. The standard InChI is InChI=1S/C26H30N2O7/c1-3-16-28(17-18-10-12-20(13-11-18)34-19-8-6-5-7-9-19)26(32)35-24(30)21-14-15-22(21)27-23(29)25(31)33-4-2/h5-13,21-22H,3-4,14-17H2,1-2H3,(H,27,29). The maximum absolute atomic E-state index is 12.7. The molecule has 0 saturated heterocycles. The van der Waals surface area contributed by atoms with Crippen molar-refractivity contribution in [2.24, 2.45) is 5.92 Å². The molecular weight excluding hydrogens is 452 g/mol. The molecule has 0 aromatic heterocycles. The summed E-state index contributed by atoms with van der Waals surface area (Å²) in [5.41, 5.74) is 0.853. The number of nitrogens with one attached hydrogen (secondary N) is 1. The smallest absolute Gasteiger partial charge is 0.417 e. The summed E-state index contributed by atoms with van der Waals surface area (Å²) in [6, 6.07) is 16.2. The van der Waals surface area contributed by atoms with Gasteiger partial charge in [-0.25, -0.2) is 9.59 Å². The summed E-state index contributed by atoms with van der Waals surface area (Å²) in [7, 11) is 0. The zero-order valence-corrected chi connectivity index (χ0v) is 19.9. The molecule has 2 unspecified atom stereocenters. The largest absolute Gasteiger partial charge is 0.459 e. The van der Waals surface area contributed by atoms with Crippen molar-refractivity contribution >= 4 is 23.9 Å².